The molecule has 0 aliphatic carbocycles. The quantitative estimate of drug-likeness (QED) is 0.402. The van der Waals surface area contributed by atoms with E-state index >= 15 is 0 Å². The lowest BCUT2D eigenvalue weighted by Crippen LogP contribution is -3.24. The van der Waals surface area contributed by atoms with Gasteiger partial charge in [0.05, 0.1) is 13.1 Å². The molecular formula is C10H24N3+3. The molecule has 13 heavy (non-hydrogen) atoms. The highest BCUT2D eigenvalue weighted by molar-refractivity contribution is 4.44. The van der Waals surface area contributed by atoms with Crippen LogP contribution in [0.25, 0.3) is 0 Å². The first kappa shape index (κ1) is 9.44. The monoisotopic (exact) mass is 186 g/mol. The summed E-state index contributed by atoms with van der Waals surface area (Å²) in [7, 11) is 0. The Kier molecular flexibility index (Phi) is 3.58. The zero-order valence-electron chi connectivity index (χ0n) is 8.65. The SMILES string of the molecule is C1CC[NH+](CC[NH+]2CC[NH2+]CC2)C1. The average molecular weight is 186 g/mol. The molecule has 0 radical (unpaired) electrons. The van der Waals surface area contributed by atoms with E-state index in [1.165, 1.54) is 65.2 Å². The van der Waals surface area contributed by atoms with Crippen LogP contribution in [0.5, 0.6) is 0 Å². The van der Waals surface area contributed by atoms with E-state index in [9.17, 15) is 0 Å². The van der Waals surface area contributed by atoms with E-state index in [-0.39, 0.29) is 0 Å². The number of nitrogens with one attached hydrogen (secondary N) is 2. The van der Waals surface area contributed by atoms with Crippen LogP contribution in [-0.2, 0) is 0 Å². The molecule has 0 spiro atoms. The minimum atomic E-state index is 1.35. The molecule has 0 saturated carbocycles. The van der Waals surface area contributed by atoms with Gasteiger partial charge in [-0.15, -0.1) is 0 Å². The maximum atomic E-state index is 2.45. The standard InChI is InChI=1S/C10H21N3/c1-2-6-12(5-1)9-10-13-7-3-11-4-8-13/h11H,1-10H2/p+3. The predicted octanol–water partition coefficient (Wildman–Crippen LogP) is -3.87. The lowest BCUT2D eigenvalue weighted by molar-refractivity contribution is -0.977. The normalized spacial score (nSPS) is 26.8. The minimum absolute atomic E-state index is 1.35. The molecule has 2 aliphatic heterocycles. The Morgan fingerprint density at radius 1 is 0.769 bits per heavy atom. The Labute approximate surface area is 81.1 Å². The van der Waals surface area contributed by atoms with Crippen molar-refractivity contribution in [2.75, 3.05) is 52.4 Å². The second-order valence-electron chi connectivity index (χ2n) is 4.57. The highest BCUT2D eigenvalue weighted by Gasteiger charge is 2.20. The van der Waals surface area contributed by atoms with E-state index in [4.69, 9.17) is 0 Å². The molecule has 2 fully saturated rings. The second kappa shape index (κ2) is 4.94. The van der Waals surface area contributed by atoms with Gasteiger partial charge in [0.15, 0.2) is 0 Å². The van der Waals surface area contributed by atoms with Crippen molar-refractivity contribution in [3.63, 3.8) is 0 Å². The van der Waals surface area contributed by atoms with Gasteiger partial charge in [0.2, 0.25) is 0 Å². The second-order valence-corrected chi connectivity index (χ2v) is 4.57. The van der Waals surface area contributed by atoms with E-state index in [2.05, 4.69) is 5.32 Å². The van der Waals surface area contributed by atoms with Gasteiger partial charge in [0.1, 0.15) is 39.3 Å². The molecule has 0 bridgehead atoms. The summed E-state index contributed by atoms with van der Waals surface area (Å²) in [5.41, 5.74) is 0. The van der Waals surface area contributed by atoms with E-state index in [1.807, 2.05) is 9.80 Å². The minimum Gasteiger partial charge on any atom is -0.337 e. The number of nitrogens with two attached hydrogens (primary N) is 1. The summed E-state index contributed by atoms with van der Waals surface area (Å²) in [6.07, 6.45) is 2.94. The Balaban J connectivity index is 1.60. The number of hydrogen-bond acceptors (Lipinski definition) is 0. The van der Waals surface area contributed by atoms with Crippen LogP contribution in [0, 0.1) is 0 Å². The van der Waals surface area contributed by atoms with E-state index in [0.29, 0.717) is 0 Å². The van der Waals surface area contributed by atoms with Crippen molar-refractivity contribution in [2.24, 2.45) is 0 Å². The van der Waals surface area contributed by atoms with Crippen LogP contribution in [0.2, 0.25) is 0 Å². The molecule has 2 heterocycles. The Bertz CT molecular complexity index is 137. The van der Waals surface area contributed by atoms with Crippen molar-refractivity contribution >= 4 is 0 Å². The van der Waals surface area contributed by atoms with Crippen molar-refractivity contribution in [1.82, 2.24) is 0 Å². The van der Waals surface area contributed by atoms with Crippen molar-refractivity contribution in [1.29, 1.82) is 0 Å². The van der Waals surface area contributed by atoms with Gasteiger partial charge in [0, 0.05) is 12.8 Å². The van der Waals surface area contributed by atoms with Gasteiger partial charge in [0.25, 0.3) is 0 Å². The smallest absolute Gasteiger partial charge is 0.127 e. The third-order valence-corrected chi connectivity index (χ3v) is 3.55. The fraction of sp³-hybridized carbons (Fsp3) is 1.00. The summed E-state index contributed by atoms with van der Waals surface area (Å²) in [5.74, 6) is 0. The third-order valence-electron chi connectivity index (χ3n) is 3.55. The largest absolute Gasteiger partial charge is 0.337 e. The summed E-state index contributed by atoms with van der Waals surface area (Å²) in [4.78, 5) is 3.71. The molecule has 0 atom stereocenters. The highest BCUT2D eigenvalue weighted by atomic mass is 15.2. The van der Waals surface area contributed by atoms with Crippen molar-refractivity contribution < 1.29 is 15.1 Å². The van der Waals surface area contributed by atoms with Crippen LogP contribution < -0.4 is 15.1 Å². The molecule has 0 aromatic heterocycles. The molecule has 0 amide bonds. The molecule has 2 saturated heterocycles. The molecule has 3 nitrogen and oxygen atoms in total. The fourth-order valence-corrected chi connectivity index (χ4v) is 2.61. The predicted molar refractivity (Wildman–Crippen MR) is 52.0 cm³/mol. The van der Waals surface area contributed by atoms with Gasteiger partial charge < -0.3 is 15.1 Å². The van der Waals surface area contributed by atoms with Crippen LogP contribution in [0.3, 0.4) is 0 Å². The maximum Gasteiger partial charge on any atom is 0.127 e. The first-order valence-corrected chi connectivity index (χ1v) is 5.94. The van der Waals surface area contributed by atoms with E-state index < -0.39 is 0 Å². The molecule has 0 aromatic carbocycles. The molecule has 2 aliphatic rings. The number of rotatable bonds is 3. The van der Waals surface area contributed by atoms with Crippen LogP contribution in [0.15, 0.2) is 0 Å². The molecule has 4 N–H and O–H groups in total. The van der Waals surface area contributed by atoms with Crippen molar-refractivity contribution in [2.45, 2.75) is 12.8 Å². The number of hydrogen-bond donors (Lipinski definition) is 3. The lowest BCUT2D eigenvalue weighted by atomic mass is 10.3. The van der Waals surface area contributed by atoms with Crippen molar-refractivity contribution in [3.8, 4) is 0 Å². The number of likely N-dealkylation sites (tertiary alicyclic amines) is 1. The summed E-state index contributed by atoms with van der Waals surface area (Å²) < 4.78 is 0. The number of piperazine rings is 1. The van der Waals surface area contributed by atoms with Crippen LogP contribution in [0.4, 0.5) is 0 Å². The molecule has 0 aromatic rings. The summed E-state index contributed by atoms with van der Waals surface area (Å²) in [6.45, 7) is 11.2. The van der Waals surface area contributed by atoms with Gasteiger partial charge in [-0.05, 0) is 0 Å². The number of quaternary nitrogens is 3. The zero-order valence-corrected chi connectivity index (χ0v) is 8.65. The lowest BCUT2D eigenvalue weighted by Gasteiger charge is -2.23. The summed E-state index contributed by atoms with van der Waals surface area (Å²) in [6, 6.07) is 0. The summed E-state index contributed by atoms with van der Waals surface area (Å²) >= 11 is 0. The topological polar surface area (TPSA) is 25.5 Å². The maximum absolute atomic E-state index is 2.45. The first-order chi connectivity index (χ1) is 6.45. The van der Waals surface area contributed by atoms with Gasteiger partial charge in [-0.3, -0.25) is 0 Å². The van der Waals surface area contributed by atoms with Gasteiger partial charge in [-0.2, -0.15) is 0 Å². The first-order valence-electron chi connectivity index (χ1n) is 5.94. The third kappa shape index (κ3) is 2.93. The van der Waals surface area contributed by atoms with Gasteiger partial charge in [-0.25, -0.2) is 0 Å². The zero-order chi connectivity index (χ0) is 8.93. The highest BCUT2D eigenvalue weighted by Crippen LogP contribution is 1.86. The Hall–Kier alpha value is -0.120. The average Bonchev–Trinajstić information content (AvgIpc) is 2.69. The van der Waals surface area contributed by atoms with Gasteiger partial charge in [-0.1, -0.05) is 0 Å². The van der Waals surface area contributed by atoms with Crippen LogP contribution in [0.1, 0.15) is 12.8 Å². The van der Waals surface area contributed by atoms with Crippen LogP contribution in [-0.4, -0.2) is 52.4 Å². The van der Waals surface area contributed by atoms with Crippen molar-refractivity contribution in [3.05, 3.63) is 0 Å². The summed E-state index contributed by atoms with van der Waals surface area (Å²) in [5, 5.41) is 2.45. The van der Waals surface area contributed by atoms with Crippen LogP contribution >= 0.6 is 0 Å². The van der Waals surface area contributed by atoms with Gasteiger partial charge >= 0.3 is 0 Å². The fourth-order valence-electron chi connectivity index (χ4n) is 2.61. The molecule has 76 valence electrons. The van der Waals surface area contributed by atoms with E-state index in [1.54, 1.807) is 0 Å². The van der Waals surface area contributed by atoms with E-state index in [0.717, 1.165) is 0 Å². The molecular weight excluding hydrogens is 162 g/mol. The molecule has 2 rings (SSSR count). The Morgan fingerprint density at radius 3 is 1.92 bits per heavy atom. The molecule has 0 unspecified atom stereocenters. The molecule has 3 heteroatoms. The Morgan fingerprint density at radius 2 is 1.31 bits per heavy atom.